The fourth-order valence-electron chi connectivity index (χ4n) is 3.14. The molecule has 1 saturated carbocycles. The van der Waals surface area contributed by atoms with Gasteiger partial charge in [0.05, 0.1) is 25.1 Å². The van der Waals surface area contributed by atoms with Gasteiger partial charge in [-0.15, -0.1) is 0 Å². The van der Waals surface area contributed by atoms with Crippen molar-refractivity contribution in [1.29, 1.82) is 0 Å². The number of imidazole rings is 1. The lowest BCUT2D eigenvalue weighted by Crippen LogP contribution is -2.12. The van der Waals surface area contributed by atoms with Gasteiger partial charge in [-0.2, -0.15) is 0 Å². The minimum Gasteiger partial charge on any atom is -0.611 e. The normalized spacial score (nSPS) is 20.8. The van der Waals surface area contributed by atoms with Crippen molar-refractivity contribution < 1.29 is 14.0 Å². The molecule has 2 aromatic rings. The molecular weight excluding hydrogens is 338 g/mol. The minimum absolute atomic E-state index is 0.191. The van der Waals surface area contributed by atoms with Crippen molar-refractivity contribution >= 4 is 11.2 Å². The fraction of sp³-hybridized carbons (Fsp3) is 0.556. The van der Waals surface area contributed by atoms with Crippen molar-refractivity contribution in [3.63, 3.8) is 0 Å². The van der Waals surface area contributed by atoms with Crippen LogP contribution in [0.4, 0.5) is 0 Å². The first-order valence-electron chi connectivity index (χ1n) is 8.67. The van der Waals surface area contributed by atoms with E-state index < -0.39 is 17.5 Å². The molecule has 1 aliphatic heterocycles. The summed E-state index contributed by atoms with van der Waals surface area (Å²) in [7, 11) is 1.92. The van der Waals surface area contributed by atoms with Gasteiger partial charge in [-0.05, 0) is 41.9 Å². The molecule has 4 rings (SSSR count). The lowest BCUT2D eigenvalue weighted by atomic mass is 10.0. The van der Waals surface area contributed by atoms with E-state index in [-0.39, 0.29) is 5.41 Å². The van der Waals surface area contributed by atoms with E-state index in [2.05, 4.69) is 23.0 Å². The molecule has 2 aliphatic rings. The molecule has 0 spiro atoms. The summed E-state index contributed by atoms with van der Waals surface area (Å²) in [6, 6.07) is 2.06. The minimum atomic E-state index is -1.10. The van der Waals surface area contributed by atoms with Crippen LogP contribution < -0.4 is 0 Å². The van der Waals surface area contributed by atoms with Gasteiger partial charge in [0.15, 0.2) is 16.4 Å². The Balaban J connectivity index is 1.76. The van der Waals surface area contributed by atoms with Gasteiger partial charge in [0, 0.05) is 19.3 Å². The predicted octanol–water partition coefficient (Wildman–Crippen LogP) is 2.71. The Morgan fingerprint density at radius 2 is 2.00 bits per heavy atom. The molecule has 0 radical (unpaired) electrons. The van der Waals surface area contributed by atoms with Crippen molar-refractivity contribution in [2.75, 3.05) is 19.0 Å². The van der Waals surface area contributed by atoms with E-state index in [1.165, 1.54) is 5.56 Å². The molecule has 134 valence electrons. The number of ether oxygens (including phenoxy) is 2. The summed E-state index contributed by atoms with van der Waals surface area (Å²) in [6.45, 7) is 5.33. The average Bonchev–Trinajstić information content (AvgIpc) is 3.02. The van der Waals surface area contributed by atoms with Crippen LogP contribution in [0.1, 0.15) is 44.2 Å². The number of pyridine rings is 1. The van der Waals surface area contributed by atoms with Crippen molar-refractivity contribution in [2.45, 2.75) is 43.3 Å². The second-order valence-corrected chi connectivity index (χ2v) is 8.61. The van der Waals surface area contributed by atoms with Crippen LogP contribution in [0.3, 0.4) is 0 Å². The summed E-state index contributed by atoms with van der Waals surface area (Å²) in [4.78, 5) is 9.95. The van der Waals surface area contributed by atoms with Crippen molar-refractivity contribution in [3.05, 3.63) is 29.7 Å². The SMILES string of the molecule is CC[S+]([O-])c1cc(C2(C)CC2)cnc1-c1ncc(C2OCCO2)n1C. The Labute approximate surface area is 150 Å². The van der Waals surface area contributed by atoms with Gasteiger partial charge in [-0.1, -0.05) is 6.92 Å². The van der Waals surface area contributed by atoms with E-state index in [1.54, 1.807) is 6.20 Å². The maximum Gasteiger partial charge on any atom is 0.200 e. The van der Waals surface area contributed by atoms with Crippen molar-refractivity contribution in [1.82, 2.24) is 14.5 Å². The molecule has 7 heteroatoms. The van der Waals surface area contributed by atoms with Gasteiger partial charge < -0.3 is 18.6 Å². The highest BCUT2D eigenvalue weighted by atomic mass is 32.2. The fourth-order valence-corrected chi connectivity index (χ4v) is 4.07. The Morgan fingerprint density at radius 1 is 1.28 bits per heavy atom. The topological polar surface area (TPSA) is 72.2 Å². The Bertz CT molecular complexity index is 782. The van der Waals surface area contributed by atoms with E-state index in [0.29, 0.717) is 30.5 Å². The van der Waals surface area contributed by atoms with E-state index in [9.17, 15) is 4.55 Å². The maximum atomic E-state index is 12.7. The smallest absolute Gasteiger partial charge is 0.200 e. The Hall–Kier alpha value is -1.41. The summed E-state index contributed by atoms with van der Waals surface area (Å²) in [6.07, 6.45) is 5.60. The molecule has 6 nitrogen and oxygen atoms in total. The van der Waals surface area contributed by atoms with E-state index in [1.807, 2.05) is 24.7 Å². The number of hydrogen-bond acceptors (Lipinski definition) is 5. The van der Waals surface area contributed by atoms with E-state index in [4.69, 9.17) is 9.47 Å². The molecule has 1 atom stereocenters. The first kappa shape index (κ1) is 17.0. The van der Waals surface area contributed by atoms with Crippen LogP contribution in [0, 0.1) is 0 Å². The molecule has 25 heavy (non-hydrogen) atoms. The molecule has 0 amide bonds. The van der Waals surface area contributed by atoms with Crippen LogP contribution >= 0.6 is 0 Å². The third-order valence-corrected chi connectivity index (χ3v) is 6.48. The van der Waals surface area contributed by atoms with Gasteiger partial charge in [-0.3, -0.25) is 0 Å². The van der Waals surface area contributed by atoms with E-state index >= 15 is 0 Å². The summed E-state index contributed by atoms with van der Waals surface area (Å²) < 4.78 is 25.7. The van der Waals surface area contributed by atoms with Crippen molar-refractivity contribution in [3.8, 4) is 11.5 Å². The van der Waals surface area contributed by atoms with Crippen LogP contribution in [0.5, 0.6) is 0 Å². The van der Waals surface area contributed by atoms with Gasteiger partial charge in [0.1, 0.15) is 5.75 Å². The van der Waals surface area contributed by atoms with Gasteiger partial charge >= 0.3 is 0 Å². The third-order valence-electron chi connectivity index (χ3n) is 5.16. The maximum absolute atomic E-state index is 12.7. The molecule has 1 unspecified atom stereocenters. The molecule has 1 aliphatic carbocycles. The zero-order valence-electron chi connectivity index (χ0n) is 14.8. The highest BCUT2D eigenvalue weighted by Gasteiger charge is 2.40. The second-order valence-electron chi connectivity index (χ2n) is 6.90. The van der Waals surface area contributed by atoms with Crippen LogP contribution in [0.25, 0.3) is 11.5 Å². The zero-order valence-corrected chi connectivity index (χ0v) is 15.6. The van der Waals surface area contributed by atoms with E-state index in [0.717, 1.165) is 23.4 Å². The average molecular weight is 361 g/mol. The zero-order chi connectivity index (χ0) is 17.6. The lowest BCUT2D eigenvalue weighted by molar-refractivity contribution is -0.0491. The summed E-state index contributed by atoms with van der Waals surface area (Å²) in [5.41, 5.74) is 2.89. The monoisotopic (exact) mass is 361 g/mol. The Morgan fingerprint density at radius 3 is 2.64 bits per heavy atom. The summed E-state index contributed by atoms with van der Waals surface area (Å²) in [5, 5.41) is 0. The largest absolute Gasteiger partial charge is 0.611 e. The van der Waals surface area contributed by atoms with Gasteiger partial charge in [-0.25, -0.2) is 9.97 Å². The van der Waals surface area contributed by atoms with Crippen LogP contribution in [-0.4, -0.2) is 38.1 Å². The molecule has 2 aromatic heterocycles. The lowest BCUT2D eigenvalue weighted by Gasteiger charge is -2.16. The highest BCUT2D eigenvalue weighted by molar-refractivity contribution is 7.91. The van der Waals surface area contributed by atoms with Crippen LogP contribution in [0.15, 0.2) is 23.4 Å². The van der Waals surface area contributed by atoms with Crippen LogP contribution in [0.2, 0.25) is 0 Å². The second kappa shape index (κ2) is 6.39. The first-order chi connectivity index (χ1) is 12.0. The number of nitrogens with zero attached hydrogens (tertiary/aromatic N) is 3. The van der Waals surface area contributed by atoms with Gasteiger partial charge in [0.25, 0.3) is 0 Å². The number of aromatic nitrogens is 3. The summed E-state index contributed by atoms with van der Waals surface area (Å²) >= 11 is -1.10. The molecule has 0 N–H and O–H groups in total. The number of hydrogen-bond donors (Lipinski definition) is 0. The number of rotatable bonds is 5. The molecule has 2 fully saturated rings. The standard InChI is InChI=1S/C18H23N3O3S/c1-4-25(22)14-9-12(18(2)5-6-18)10-19-15(14)16-20-11-13(21(16)3)17-23-7-8-24-17/h9-11,17H,4-8H2,1-3H3. The first-order valence-corrected chi connectivity index (χ1v) is 9.99. The molecule has 1 saturated heterocycles. The van der Waals surface area contributed by atoms with Gasteiger partial charge in [0.2, 0.25) is 6.29 Å². The Kier molecular flexibility index (Phi) is 4.35. The molecule has 3 heterocycles. The third kappa shape index (κ3) is 2.99. The quantitative estimate of drug-likeness (QED) is 0.766. The van der Waals surface area contributed by atoms with Crippen LogP contribution in [-0.2, 0) is 33.1 Å². The molecule has 0 bridgehead atoms. The van der Waals surface area contributed by atoms with Crippen molar-refractivity contribution in [2.24, 2.45) is 7.05 Å². The predicted molar refractivity (Wildman–Crippen MR) is 94.6 cm³/mol. The summed E-state index contributed by atoms with van der Waals surface area (Å²) in [5.74, 6) is 1.25. The highest BCUT2D eigenvalue weighted by Crippen LogP contribution is 2.48. The molecule has 0 aromatic carbocycles. The molecular formula is C18H23N3O3S.